The first-order valence-corrected chi connectivity index (χ1v) is 8.80. The van der Waals surface area contributed by atoms with Crippen LogP contribution in [0.15, 0.2) is 24.3 Å². The van der Waals surface area contributed by atoms with E-state index in [2.05, 4.69) is 10.6 Å². The van der Waals surface area contributed by atoms with Crippen molar-refractivity contribution in [2.75, 3.05) is 10.6 Å². The number of hydrogen-bond acceptors (Lipinski definition) is 3. The van der Waals surface area contributed by atoms with Crippen molar-refractivity contribution in [2.45, 2.75) is 46.0 Å². The molecule has 136 valence electrons. The number of carbonyl (C=O) groups is 3. The van der Waals surface area contributed by atoms with Crippen molar-refractivity contribution in [2.24, 2.45) is 17.8 Å². The lowest BCUT2D eigenvalue weighted by atomic mass is 9.78. The molecule has 1 aromatic rings. The number of aliphatic carboxylic acids is 1. The summed E-state index contributed by atoms with van der Waals surface area (Å²) in [6.07, 6.45) is 3.34. The van der Waals surface area contributed by atoms with Crippen molar-refractivity contribution in [3.8, 4) is 0 Å². The molecule has 0 radical (unpaired) electrons. The van der Waals surface area contributed by atoms with E-state index in [1.165, 1.54) is 0 Å². The third kappa shape index (κ3) is 5.59. The monoisotopic (exact) mass is 346 g/mol. The van der Waals surface area contributed by atoms with E-state index in [4.69, 9.17) is 0 Å². The van der Waals surface area contributed by atoms with Crippen molar-refractivity contribution in [3.05, 3.63) is 24.3 Å². The summed E-state index contributed by atoms with van der Waals surface area (Å²) in [5.41, 5.74) is 1.27. The highest BCUT2D eigenvalue weighted by Crippen LogP contribution is 2.31. The highest BCUT2D eigenvalue weighted by molar-refractivity contribution is 5.96. The Morgan fingerprint density at radius 2 is 1.52 bits per heavy atom. The number of carbonyl (C=O) groups excluding carboxylic acids is 2. The van der Waals surface area contributed by atoms with E-state index < -0.39 is 17.8 Å². The van der Waals surface area contributed by atoms with Crippen LogP contribution in [-0.2, 0) is 14.4 Å². The standard InChI is InChI=1S/C19H26N2O4/c1-12(2)11-17(22)20-13-7-9-14(10-8-13)21-18(23)15-5-3-4-6-16(15)19(24)25/h7-10,12,15-16H,3-6,11H2,1-2H3,(H,20,22)(H,21,23)(H,24,25)/t15-,16-/m0/s1. The van der Waals surface area contributed by atoms with Crippen LogP contribution in [0.1, 0.15) is 46.0 Å². The lowest BCUT2D eigenvalue weighted by Gasteiger charge is -2.27. The molecule has 1 fully saturated rings. The molecule has 6 nitrogen and oxygen atoms in total. The molecule has 1 aromatic carbocycles. The highest BCUT2D eigenvalue weighted by atomic mass is 16.4. The van der Waals surface area contributed by atoms with E-state index in [0.29, 0.717) is 30.6 Å². The van der Waals surface area contributed by atoms with Crippen LogP contribution >= 0.6 is 0 Å². The van der Waals surface area contributed by atoms with Gasteiger partial charge in [-0.05, 0) is 43.0 Å². The second kappa shape index (κ2) is 8.65. The Labute approximate surface area is 148 Å². The molecule has 25 heavy (non-hydrogen) atoms. The van der Waals surface area contributed by atoms with Gasteiger partial charge in [0, 0.05) is 17.8 Å². The maximum Gasteiger partial charge on any atom is 0.307 e. The predicted octanol–water partition coefficient (Wildman–Crippen LogP) is 3.50. The van der Waals surface area contributed by atoms with Crippen LogP contribution in [0.5, 0.6) is 0 Å². The van der Waals surface area contributed by atoms with E-state index >= 15 is 0 Å². The number of benzene rings is 1. The van der Waals surface area contributed by atoms with E-state index in [9.17, 15) is 19.5 Å². The van der Waals surface area contributed by atoms with Crippen molar-refractivity contribution < 1.29 is 19.5 Å². The van der Waals surface area contributed by atoms with Gasteiger partial charge in [-0.3, -0.25) is 14.4 Å². The van der Waals surface area contributed by atoms with Gasteiger partial charge in [0.2, 0.25) is 11.8 Å². The molecule has 2 rings (SSSR count). The van der Waals surface area contributed by atoms with Gasteiger partial charge in [-0.25, -0.2) is 0 Å². The fourth-order valence-electron chi connectivity index (χ4n) is 3.19. The second-order valence-electron chi connectivity index (χ2n) is 7.05. The van der Waals surface area contributed by atoms with Gasteiger partial charge in [0.1, 0.15) is 0 Å². The van der Waals surface area contributed by atoms with Crippen molar-refractivity contribution >= 4 is 29.2 Å². The van der Waals surface area contributed by atoms with E-state index in [-0.39, 0.29) is 17.7 Å². The third-order valence-corrected chi connectivity index (χ3v) is 4.45. The minimum atomic E-state index is -0.900. The lowest BCUT2D eigenvalue weighted by molar-refractivity contribution is -0.147. The Morgan fingerprint density at radius 1 is 1.00 bits per heavy atom. The van der Waals surface area contributed by atoms with Gasteiger partial charge in [0.05, 0.1) is 11.8 Å². The lowest BCUT2D eigenvalue weighted by Crippen LogP contribution is -2.36. The molecule has 3 N–H and O–H groups in total. The largest absolute Gasteiger partial charge is 0.481 e. The number of nitrogens with one attached hydrogen (secondary N) is 2. The van der Waals surface area contributed by atoms with Crippen molar-refractivity contribution in [1.29, 1.82) is 0 Å². The van der Waals surface area contributed by atoms with Gasteiger partial charge >= 0.3 is 5.97 Å². The summed E-state index contributed by atoms with van der Waals surface area (Å²) >= 11 is 0. The van der Waals surface area contributed by atoms with Gasteiger partial charge in [0.15, 0.2) is 0 Å². The molecule has 0 aromatic heterocycles. The smallest absolute Gasteiger partial charge is 0.307 e. The molecule has 1 aliphatic rings. The Kier molecular flexibility index (Phi) is 6.56. The van der Waals surface area contributed by atoms with Crippen LogP contribution in [0.3, 0.4) is 0 Å². The molecule has 0 bridgehead atoms. The van der Waals surface area contributed by atoms with Crippen LogP contribution in [0.4, 0.5) is 11.4 Å². The number of anilines is 2. The molecule has 2 atom stereocenters. The molecular weight excluding hydrogens is 320 g/mol. The number of amides is 2. The van der Waals surface area contributed by atoms with Crippen LogP contribution in [0.2, 0.25) is 0 Å². The topological polar surface area (TPSA) is 95.5 Å². The Hall–Kier alpha value is -2.37. The molecule has 1 aliphatic carbocycles. The molecular formula is C19H26N2O4. The summed E-state index contributed by atoms with van der Waals surface area (Å²) in [5, 5.41) is 14.9. The first kappa shape index (κ1) is 19.0. The van der Waals surface area contributed by atoms with E-state index in [0.717, 1.165) is 12.8 Å². The summed E-state index contributed by atoms with van der Waals surface area (Å²) in [6, 6.07) is 6.87. The van der Waals surface area contributed by atoms with Gasteiger partial charge < -0.3 is 15.7 Å². The molecule has 6 heteroatoms. The predicted molar refractivity (Wildman–Crippen MR) is 96.2 cm³/mol. The number of carboxylic acids is 1. The summed E-state index contributed by atoms with van der Waals surface area (Å²) in [5.74, 6) is -2.00. The normalized spacial score (nSPS) is 20.1. The number of hydrogen-bond donors (Lipinski definition) is 3. The molecule has 0 heterocycles. The van der Waals surface area contributed by atoms with Crippen LogP contribution < -0.4 is 10.6 Å². The molecule has 0 aliphatic heterocycles. The highest BCUT2D eigenvalue weighted by Gasteiger charge is 2.35. The summed E-state index contributed by atoms with van der Waals surface area (Å²) in [4.78, 5) is 35.5. The fraction of sp³-hybridized carbons (Fsp3) is 0.526. The Balaban J connectivity index is 1.95. The first-order chi connectivity index (χ1) is 11.9. The molecule has 0 spiro atoms. The number of carboxylic acid groups (broad SMARTS) is 1. The van der Waals surface area contributed by atoms with Gasteiger partial charge in [0.25, 0.3) is 0 Å². The average Bonchev–Trinajstić information content (AvgIpc) is 2.55. The zero-order valence-electron chi connectivity index (χ0n) is 14.7. The summed E-state index contributed by atoms with van der Waals surface area (Å²) in [7, 11) is 0. The quantitative estimate of drug-likeness (QED) is 0.734. The van der Waals surface area contributed by atoms with Gasteiger partial charge in [-0.1, -0.05) is 26.7 Å². The maximum absolute atomic E-state index is 12.4. The summed E-state index contributed by atoms with van der Waals surface area (Å²) < 4.78 is 0. The van der Waals surface area contributed by atoms with Crippen molar-refractivity contribution in [3.63, 3.8) is 0 Å². The Morgan fingerprint density at radius 3 is 2.04 bits per heavy atom. The average molecular weight is 346 g/mol. The second-order valence-corrected chi connectivity index (χ2v) is 7.05. The Bertz CT molecular complexity index is 625. The minimum Gasteiger partial charge on any atom is -0.481 e. The molecule has 2 amide bonds. The fourth-order valence-corrected chi connectivity index (χ4v) is 3.19. The summed E-state index contributed by atoms with van der Waals surface area (Å²) in [6.45, 7) is 3.96. The van der Waals surface area contributed by atoms with Crippen molar-refractivity contribution in [1.82, 2.24) is 0 Å². The van der Waals surface area contributed by atoms with E-state index in [1.807, 2.05) is 13.8 Å². The first-order valence-electron chi connectivity index (χ1n) is 8.80. The molecule has 0 saturated heterocycles. The van der Waals surface area contributed by atoms with Gasteiger partial charge in [-0.2, -0.15) is 0 Å². The SMILES string of the molecule is CC(C)CC(=O)Nc1ccc(NC(=O)[C@H]2CCCC[C@@H]2C(=O)O)cc1. The van der Waals surface area contributed by atoms with E-state index in [1.54, 1.807) is 24.3 Å². The molecule has 0 unspecified atom stereocenters. The zero-order valence-corrected chi connectivity index (χ0v) is 14.7. The molecule has 1 saturated carbocycles. The van der Waals surface area contributed by atoms with Gasteiger partial charge in [-0.15, -0.1) is 0 Å². The third-order valence-electron chi connectivity index (χ3n) is 4.45. The van der Waals surface area contributed by atoms with Crippen LogP contribution in [-0.4, -0.2) is 22.9 Å². The minimum absolute atomic E-state index is 0.0432. The maximum atomic E-state index is 12.4. The number of rotatable bonds is 6. The van der Waals surface area contributed by atoms with Crippen LogP contribution in [0.25, 0.3) is 0 Å². The van der Waals surface area contributed by atoms with Crippen LogP contribution in [0, 0.1) is 17.8 Å². The zero-order chi connectivity index (χ0) is 18.4.